The zero-order valence-corrected chi connectivity index (χ0v) is 18.5. The number of hydrogen-bond donors (Lipinski definition) is 1. The van der Waals surface area contributed by atoms with Gasteiger partial charge in [-0.1, -0.05) is 12.2 Å². The number of aliphatic hydroxyl groups is 1. The number of methoxy groups -OCH3 is 1. The maximum Gasteiger partial charge on any atom is 0.333 e. The largest absolute Gasteiger partial charge is 0.457 e. The number of ether oxygens (including phenoxy) is 4. The second kappa shape index (κ2) is 11.9. The molecule has 0 aromatic carbocycles. The summed E-state index contributed by atoms with van der Waals surface area (Å²) in [5.74, 6) is -2.45. The molecule has 0 saturated carbocycles. The van der Waals surface area contributed by atoms with E-state index in [1.54, 1.807) is 39.0 Å². The van der Waals surface area contributed by atoms with Gasteiger partial charge in [0.1, 0.15) is 24.6 Å². The molecule has 1 aliphatic heterocycles. The smallest absolute Gasteiger partial charge is 0.333 e. The van der Waals surface area contributed by atoms with Crippen LogP contribution in [0.4, 0.5) is 0 Å². The van der Waals surface area contributed by atoms with Crippen molar-refractivity contribution in [3.63, 3.8) is 0 Å². The normalized spacial score (nSPS) is 32.7. The maximum atomic E-state index is 12.7. The van der Waals surface area contributed by atoms with E-state index >= 15 is 0 Å². The molecule has 5 atom stereocenters. The van der Waals surface area contributed by atoms with Gasteiger partial charge in [0.05, 0.1) is 25.0 Å². The van der Waals surface area contributed by atoms with Crippen molar-refractivity contribution in [2.45, 2.75) is 51.9 Å². The number of esters is 2. The highest BCUT2D eigenvalue weighted by atomic mass is 16.6. The van der Waals surface area contributed by atoms with Crippen LogP contribution in [0.3, 0.4) is 0 Å². The van der Waals surface area contributed by atoms with Crippen molar-refractivity contribution in [2.24, 2.45) is 11.8 Å². The minimum atomic E-state index is -0.982. The molecule has 0 aromatic heterocycles. The quantitative estimate of drug-likeness (QED) is 0.266. The predicted molar refractivity (Wildman–Crippen MR) is 112 cm³/mol. The van der Waals surface area contributed by atoms with Crippen LogP contribution in [0.25, 0.3) is 0 Å². The van der Waals surface area contributed by atoms with Gasteiger partial charge in [0, 0.05) is 24.9 Å². The van der Waals surface area contributed by atoms with E-state index in [-0.39, 0.29) is 19.8 Å². The molecule has 1 fully saturated rings. The van der Waals surface area contributed by atoms with Gasteiger partial charge in [-0.25, -0.2) is 4.79 Å². The average molecular weight is 437 g/mol. The van der Waals surface area contributed by atoms with Crippen LogP contribution < -0.4 is 0 Å². The highest BCUT2D eigenvalue weighted by Gasteiger charge is 2.52. The first-order valence-corrected chi connectivity index (χ1v) is 10.5. The Morgan fingerprint density at radius 3 is 2.71 bits per heavy atom. The van der Waals surface area contributed by atoms with Crippen LogP contribution in [-0.4, -0.2) is 68.6 Å². The van der Waals surface area contributed by atoms with Gasteiger partial charge in [0.25, 0.3) is 0 Å². The lowest BCUT2D eigenvalue weighted by molar-refractivity contribution is -0.159. The van der Waals surface area contributed by atoms with Gasteiger partial charge in [-0.3, -0.25) is 9.59 Å². The summed E-state index contributed by atoms with van der Waals surface area (Å²) in [7, 11) is 1.47. The first kappa shape index (κ1) is 25.0. The van der Waals surface area contributed by atoms with Crippen molar-refractivity contribution in [2.75, 3.05) is 26.9 Å². The molecule has 8 nitrogen and oxygen atoms in total. The minimum Gasteiger partial charge on any atom is -0.457 e. The molecule has 2 unspecified atom stereocenters. The summed E-state index contributed by atoms with van der Waals surface area (Å²) >= 11 is 0. The zero-order chi connectivity index (χ0) is 23.0. The maximum absolute atomic E-state index is 12.7. The molecule has 1 heterocycles. The number of aliphatic hydroxyl groups excluding tert-OH is 1. The lowest BCUT2D eigenvalue weighted by Gasteiger charge is -2.35. The molecule has 0 spiro atoms. The molecule has 1 saturated heterocycles. The van der Waals surface area contributed by atoms with E-state index in [0.29, 0.717) is 35.8 Å². The average Bonchev–Trinajstić information content (AvgIpc) is 3.07. The molecular formula is C23H32O8. The molecule has 0 aromatic rings. The van der Waals surface area contributed by atoms with Crippen molar-refractivity contribution in [1.82, 2.24) is 0 Å². The molecule has 0 bridgehead atoms. The molecule has 0 radical (unpaired) electrons. The molecule has 1 aliphatic carbocycles. The topological polar surface area (TPSA) is 108 Å². The SMILES string of the molecule is C/C=C(/C)C(=O)O[C@@H]1C(OCC)/C(C=O)=C\CC/C(CO)=C/[C@H]2OC(=O)C(COC)[C@H]12. The lowest BCUT2D eigenvalue weighted by Crippen LogP contribution is -2.47. The molecule has 172 valence electrons. The third-order valence-corrected chi connectivity index (χ3v) is 5.68. The molecule has 31 heavy (non-hydrogen) atoms. The van der Waals surface area contributed by atoms with Crippen LogP contribution in [0.2, 0.25) is 0 Å². The number of fused-ring (bicyclic) bond motifs is 1. The van der Waals surface area contributed by atoms with E-state index in [2.05, 4.69) is 0 Å². The van der Waals surface area contributed by atoms with Crippen LogP contribution in [0.5, 0.6) is 0 Å². The predicted octanol–water partition coefficient (Wildman–Crippen LogP) is 1.91. The Bertz CT molecular complexity index is 751. The van der Waals surface area contributed by atoms with E-state index < -0.39 is 42.1 Å². The second-order valence-corrected chi connectivity index (χ2v) is 7.60. The Balaban J connectivity index is 2.65. The van der Waals surface area contributed by atoms with Gasteiger partial charge >= 0.3 is 11.9 Å². The molecule has 0 amide bonds. The van der Waals surface area contributed by atoms with Crippen LogP contribution in [0, 0.1) is 11.8 Å². The third-order valence-electron chi connectivity index (χ3n) is 5.68. The molecule has 2 aliphatic rings. The van der Waals surface area contributed by atoms with Gasteiger partial charge in [-0.05, 0) is 45.3 Å². The number of carbonyl (C=O) groups is 3. The Hall–Kier alpha value is -2.29. The summed E-state index contributed by atoms with van der Waals surface area (Å²) in [6.45, 7) is 5.23. The van der Waals surface area contributed by atoms with Crippen LogP contribution in [0.15, 0.2) is 34.9 Å². The summed E-state index contributed by atoms with van der Waals surface area (Å²) in [6.07, 6.45) is 4.10. The van der Waals surface area contributed by atoms with E-state index in [1.165, 1.54) is 7.11 Å². The van der Waals surface area contributed by atoms with Gasteiger partial charge in [-0.15, -0.1) is 0 Å². The van der Waals surface area contributed by atoms with Crippen LogP contribution in [0.1, 0.15) is 33.6 Å². The number of carbonyl (C=O) groups excluding carboxylic acids is 3. The van der Waals surface area contributed by atoms with Crippen molar-refractivity contribution in [3.05, 3.63) is 34.9 Å². The Morgan fingerprint density at radius 1 is 1.39 bits per heavy atom. The number of hydrogen-bond acceptors (Lipinski definition) is 8. The Morgan fingerprint density at radius 2 is 2.13 bits per heavy atom. The fourth-order valence-corrected chi connectivity index (χ4v) is 3.95. The zero-order valence-electron chi connectivity index (χ0n) is 18.5. The van der Waals surface area contributed by atoms with Crippen LogP contribution >= 0.6 is 0 Å². The van der Waals surface area contributed by atoms with Gasteiger partial charge < -0.3 is 24.1 Å². The molecule has 1 N–H and O–H groups in total. The van der Waals surface area contributed by atoms with Crippen molar-refractivity contribution < 1.29 is 38.4 Å². The van der Waals surface area contributed by atoms with E-state index in [1.807, 2.05) is 0 Å². The van der Waals surface area contributed by atoms with Crippen LogP contribution in [-0.2, 0) is 33.3 Å². The lowest BCUT2D eigenvalue weighted by atomic mass is 9.80. The van der Waals surface area contributed by atoms with Gasteiger partial charge in [0.15, 0.2) is 0 Å². The molecular weight excluding hydrogens is 404 g/mol. The highest BCUT2D eigenvalue weighted by molar-refractivity contribution is 5.88. The van der Waals surface area contributed by atoms with E-state index in [9.17, 15) is 19.5 Å². The summed E-state index contributed by atoms with van der Waals surface area (Å²) < 4.78 is 22.6. The number of aldehydes is 1. The first-order chi connectivity index (χ1) is 14.9. The fraction of sp³-hybridized carbons (Fsp3) is 0.609. The third kappa shape index (κ3) is 5.90. The first-order valence-electron chi connectivity index (χ1n) is 10.5. The minimum absolute atomic E-state index is 0.0535. The second-order valence-electron chi connectivity index (χ2n) is 7.60. The standard InChI is InChI=1S/C23H32O8/c1-5-14(3)22(26)31-21-19-17(13-28-4)23(27)30-18(19)10-15(11-24)8-7-9-16(12-25)20(21)29-6-2/h5,9-10,12,17-21,24H,6-8,11,13H2,1-4H3/b14-5-,15-10-,16-9-/t17?,18-,19+,20?,21+/m1/s1. The summed E-state index contributed by atoms with van der Waals surface area (Å²) in [5, 5.41) is 9.76. The molecule has 8 heteroatoms. The van der Waals surface area contributed by atoms with Crippen molar-refractivity contribution in [3.8, 4) is 0 Å². The van der Waals surface area contributed by atoms with Gasteiger partial charge in [-0.2, -0.15) is 0 Å². The number of rotatable bonds is 8. The van der Waals surface area contributed by atoms with E-state index in [4.69, 9.17) is 18.9 Å². The number of allylic oxidation sites excluding steroid dienone is 2. The molecule has 2 rings (SSSR count). The highest BCUT2D eigenvalue weighted by Crippen LogP contribution is 2.38. The summed E-state index contributed by atoms with van der Waals surface area (Å²) in [4.78, 5) is 37.4. The van der Waals surface area contributed by atoms with E-state index in [0.717, 1.165) is 0 Å². The van der Waals surface area contributed by atoms with Gasteiger partial charge in [0.2, 0.25) is 0 Å². The monoisotopic (exact) mass is 436 g/mol. The summed E-state index contributed by atoms with van der Waals surface area (Å²) in [6, 6.07) is 0. The summed E-state index contributed by atoms with van der Waals surface area (Å²) in [5.41, 5.74) is 1.39. The van der Waals surface area contributed by atoms with Crippen molar-refractivity contribution in [1.29, 1.82) is 0 Å². The fourth-order valence-electron chi connectivity index (χ4n) is 3.95. The van der Waals surface area contributed by atoms with Crippen molar-refractivity contribution >= 4 is 18.2 Å². The Labute approximate surface area is 182 Å². The Kier molecular flexibility index (Phi) is 9.61.